The second-order valence-corrected chi connectivity index (χ2v) is 7.86. The summed E-state index contributed by atoms with van der Waals surface area (Å²) < 4.78 is 11.6. The van der Waals surface area contributed by atoms with E-state index in [9.17, 15) is 9.59 Å². The molecule has 2 rings (SSSR count). The molecular weight excluding hydrogens is 334 g/mol. The monoisotopic (exact) mass is 359 g/mol. The molecule has 1 aromatic heterocycles. The zero-order valence-corrected chi connectivity index (χ0v) is 16.0. The van der Waals surface area contributed by atoms with Crippen molar-refractivity contribution in [1.82, 2.24) is 9.78 Å². The van der Waals surface area contributed by atoms with Crippen molar-refractivity contribution in [2.75, 3.05) is 5.32 Å². The highest BCUT2D eigenvalue weighted by Crippen LogP contribution is 2.22. The Morgan fingerprint density at radius 3 is 2.04 bits per heavy atom. The van der Waals surface area contributed by atoms with Gasteiger partial charge in [0.15, 0.2) is 0 Å². The van der Waals surface area contributed by atoms with Crippen LogP contribution in [-0.2, 0) is 9.47 Å². The van der Waals surface area contributed by atoms with E-state index in [1.54, 1.807) is 66.1 Å². The summed E-state index contributed by atoms with van der Waals surface area (Å²) >= 11 is 0. The minimum absolute atomic E-state index is 0.511. The molecular formula is C19H25N3O4. The molecule has 7 nitrogen and oxygen atoms in total. The number of ether oxygens (including phenoxy) is 2. The Morgan fingerprint density at radius 1 is 0.923 bits per heavy atom. The largest absolute Gasteiger partial charge is 0.444 e. The minimum atomic E-state index is -0.585. The lowest BCUT2D eigenvalue weighted by Gasteiger charge is -2.19. The first-order valence-corrected chi connectivity index (χ1v) is 8.31. The molecule has 1 aromatic carbocycles. The molecule has 0 bridgehead atoms. The first kappa shape index (κ1) is 19.5. The van der Waals surface area contributed by atoms with Crippen molar-refractivity contribution in [2.24, 2.45) is 0 Å². The normalized spacial score (nSPS) is 11.8. The van der Waals surface area contributed by atoms with Gasteiger partial charge in [-0.3, -0.25) is 5.32 Å². The number of nitrogens with zero attached hydrogens (tertiary/aromatic N) is 2. The molecule has 26 heavy (non-hydrogen) atoms. The Balaban J connectivity index is 2.05. The highest BCUT2D eigenvalue weighted by molar-refractivity contribution is 5.85. The number of amides is 1. The van der Waals surface area contributed by atoms with Crippen molar-refractivity contribution in [3.63, 3.8) is 0 Å². The van der Waals surface area contributed by atoms with Crippen LogP contribution >= 0.6 is 0 Å². The van der Waals surface area contributed by atoms with Crippen molar-refractivity contribution < 1.29 is 19.1 Å². The van der Waals surface area contributed by atoms with Crippen LogP contribution in [0.4, 0.5) is 15.3 Å². The van der Waals surface area contributed by atoms with Crippen LogP contribution in [0.1, 0.15) is 41.5 Å². The summed E-state index contributed by atoms with van der Waals surface area (Å²) in [6, 6.07) is 7.15. The molecule has 0 saturated carbocycles. The van der Waals surface area contributed by atoms with Crippen LogP contribution in [0.15, 0.2) is 36.7 Å². The summed E-state index contributed by atoms with van der Waals surface area (Å²) in [5.41, 5.74) is 1.09. The molecule has 1 amide bonds. The SMILES string of the molecule is CC(C)(C)OC(=O)Nc1ccc(-c2cnn(C(=O)OC(C)(C)C)c2)cc1. The first-order valence-electron chi connectivity index (χ1n) is 8.31. The molecule has 0 fully saturated rings. The minimum Gasteiger partial charge on any atom is -0.444 e. The molecule has 7 heteroatoms. The first-order chi connectivity index (χ1) is 11.9. The van der Waals surface area contributed by atoms with E-state index in [0.717, 1.165) is 15.8 Å². The van der Waals surface area contributed by atoms with Crippen molar-refractivity contribution in [3.05, 3.63) is 36.7 Å². The molecule has 0 aliphatic heterocycles. The number of hydrogen-bond acceptors (Lipinski definition) is 5. The third-order valence-corrected chi connectivity index (χ3v) is 3.03. The molecule has 1 heterocycles. The standard InChI is InChI=1S/C19H25N3O4/c1-18(2,3)25-16(23)21-15-9-7-13(8-10-15)14-11-20-22(12-14)17(24)26-19(4,5)6/h7-12H,1-6H3,(H,21,23). The zero-order valence-electron chi connectivity index (χ0n) is 16.0. The fourth-order valence-electron chi connectivity index (χ4n) is 2.05. The van der Waals surface area contributed by atoms with E-state index in [1.165, 1.54) is 0 Å². The number of aromatic nitrogens is 2. The second kappa shape index (κ2) is 7.19. The lowest BCUT2D eigenvalue weighted by molar-refractivity contribution is 0.0513. The van der Waals surface area contributed by atoms with E-state index >= 15 is 0 Å². The van der Waals surface area contributed by atoms with E-state index < -0.39 is 23.4 Å². The lowest BCUT2D eigenvalue weighted by Crippen LogP contribution is -2.27. The predicted octanol–water partition coefficient (Wildman–Crippen LogP) is 4.68. The Labute approximate surface area is 153 Å². The molecule has 140 valence electrons. The Hall–Kier alpha value is -2.83. The van der Waals surface area contributed by atoms with Crippen LogP contribution < -0.4 is 5.32 Å². The van der Waals surface area contributed by atoms with Gasteiger partial charge in [-0.05, 0) is 59.2 Å². The van der Waals surface area contributed by atoms with Gasteiger partial charge in [0, 0.05) is 17.4 Å². The third kappa shape index (κ3) is 5.91. The number of benzene rings is 1. The molecule has 2 aromatic rings. The van der Waals surface area contributed by atoms with E-state index in [0.29, 0.717) is 5.69 Å². The molecule has 0 unspecified atom stereocenters. The van der Waals surface area contributed by atoms with E-state index in [2.05, 4.69) is 10.4 Å². The molecule has 0 aliphatic rings. The van der Waals surface area contributed by atoms with Crippen molar-refractivity contribution in [2.45, 2.75) is 52.7 Å². The van der Waals surface area contributed by atoms with E-state index in [-0.39, 0.29) is 0 Å². The smallest absolute Gasteiger partial charge is 0.435 e. The average molecular weight is 359 g/mol. The molecule has 0 aliphatic carbocycles. The number of anilines is 1. The van der Waals surface area contributed by atoms with Gasteiger partial charge in [0.05, 0.1) is 6.20 Å². The fourth-order valence-corrected chi connectivity index (χ4v) is 2.05. The van der Waals surface area contributed by atoms with Gasteiger partial charge in [-0.2, -0.15) is 9.78 Å². The second-order valence-electron chi connectivity index (χ2n) is 7.86. The van der Waals surface area contributed by atoms with Crippen LogP contribution in [0.5, 0.6) is 0 Å². The number of hydrogen-bond donors (Lipinski definition) is 1. The van der Waals surface area contributed by atoms with Gasteiger partial charge in [-0.1, -0.05) is 12.1 Å². The Kier molecular flexibility index (Phi) is 5.39. The summed E-state index contributed by atoms with van der Waals surface area (Å²) in [4.78, 5) is 23.8. The highest BCUT2D eigenvalue weighted by Gasteiger charge is 2.19. The Morgan fingerprint density at radius 2 is 1.50 bits per heavy atom. The summed E-state index contributed by atoms with van der Waals surface area (Å²) in [7, 11) is 0. The van der Waals surface area contributed by atoms with Crippen LogP contribution in [0.2, 0.25) is 0 Å². The third-order valence-electron chi connectivity index (χ3n) is 3.03. The number of carbonyl (C=O) groups excluding carboxylic acids is 2. The van der Waals surface area contributed by atoms with Crippen LogP contribution in [0.3, 0.4) is 0 Å². The van der Waals surface area contributed by atoms with Gasteiger partial charge in [-0.25, -0.2) is 9.59 Å². The summed E-state index contributed by atoms with van der Waals surface area (Å²) in [6.07, 6.45) is 2.14. The maximum absolute atomic E-state index is 12.0. The maximum Gasteiger partial charge on any atom is 0.435 e. The molecule has 0 saturated heterocycles. The van der Waals surface area contributed by atoms with Gasteiger partial charge in [-0.15, -0.1) is 0 Å². The van der Waals surface area contributed by atoms with Gasteiger partial charge >= 0.3 is 12.2 Å². The quantitative estimate of drug-likeness (QED) is 0.842. The van der Waals surface area contributed by atoms with Crippen molar-refractivity contribution in [1.29, 1.82) is 0 Å². The average Bonchev–Trinajstić information content (AvgIpc) is 2.94. The van der Waals surface area contributed by atoms with Crippen molar-refractivity contribution in [3.8, 4) is 11.1 Å². The van der Waals surface area contributed by atoms with Gasteiger partial charge in [0.25, 0.3) is 0 Å². The molecule has 1 N–H and O–H groups in total. The fraction of sp³-hybridized carbons (Fsp3) is 0.421. The maximum atomic E-state index is 12.0. The lowest BCUT2D eigenvalue weighted by atomic mass is 10.1. The van der Waals surface area contributed by atoms with Gasteiger partial charge in [0.2, 0.25) is 0 Å². The summed E-state index contributed by atoms with van der Waals surface area (Å²) in [6.45, 7) is 10.8. The summed E-state index contributed by atoms with van der Waals surface area (Å²) in [5.74, 6) is 0. The number of carbonyl (C=O) groups is 2. The van der Waals surface area contributed by atoms with Crippen molar-refractivity contribution >= 4 is 17.9 Å². The number of nitrogens with one attached hydrogen (secondary N) is 1. The van der Waals surface area contributed by atoms with Crippen LogP contribution in [0, 0.1) is 0 Å². The topological polar surface area (TPSA) is 82.5 Å². The molecule has 0 spiro atoms. The van der Waals surface area contributed by atoms with Gasteiger partial charge in [0.1, 0.15) is 11.2 Å². The predicted molar refractivity (Wildman–Crippen MR) is 99.2 cm³/mol. The van der Waals surface area contributed by atoms with Crippen LogP contribution in [0.25, 0.3) is 11.1 Å². The summed E-state index contributed by atoms with van der Waals surface area (Å²) in [5, 5.41) is 6.71. The van der Waals surface area contributed by atoms with Crippen LogP contribution in [-0.4, -0.2) is 33.2 Å². The van der Waals surface area contributed by atoms with Gasteiger partial charge < -0.3 is 9.47 Å². The highest BCUT2D eigenvalue weighted by atomic mass is 16.6. The number of rotatable bonds is 2. The van der Waals surface area contributed by atoms with E-state index in [4.69, 9.17) is 9.47 Å². The van der Waals surface area contributed by atoms with E-state index in [1.807, 2.05) is 12.1 Å². The Bertz CT molecular complexity index is 780. The molecule has 0 radical (unpaired) electrons. The zero-order chi connectivity index (χ0) is 19.5. The molecule has 0 atom stereocenters.